The first-order valence-electron chi connectivity index (χ1n) is 16.5. The van der Waals surface area contributed by atoms with Gasteiger partial charge in [0.05, 0.1) is 7.11 Å². The number of aromatic hydroxyl groups is 1. The molecular weight excluding hydrogens is 508 g/mol. The first kappa shape index (κ1) is 30.2. The second kappa shape index (κ2) is 12.2. The molecule has 0 radical (unpaired) electrons. The zero-order valence-corrected chi connectivity index (χ0v) is 26.5. The molecule has 4 aliphatic rings. The maximum Gasteiger partial charge on any atom is 0.331 e. The van der Waals surface area contributed by atoms with E-state index in [9.17, 15) is 9.90 Å². The second-order valence-corrected chi connectivity index (χ2v) is 14.9. The molecule has 41 heavy (non-hydrogen) atoms. The van der Waals surface area contributed by atoms with Crippen LogP contribution in [-0.4, -0.2) is 24.3 Å². The normalized spacial score (nSPS) is 35.4. The summed E-state index contributed by atoms with van der Waals surface area (Å²) in [6.07, 6.45) is 19.7. The zero-order valence-electron chi connectivity index (χ0n) is 26.5. The van der Waals surface area contributed by atoms with Gasteiger partial charge < -0.3 is 14.6 Å². The number of rotatable bonds is 9. The van der Waals surface area contributed by atoms with Crippen molar-refractivity contribution in [2.45, 2.75) is 111 Å². The fourth-order valence-electron chi connectivity index (χ4n) is 9.92. The predicted molar refractivity (Wildman–Crippen MR) is 167 cm³/mol. The van der Waals surface area contributed by atoms with E-state index in [0.717, 1.165) is 60.3 Å². The van der Waals surface area contributed by atoms with E-state index in [-0.39, 0.29) is 23.2 Å². The molecule has 0 heterocycles. The molecule has 4 heteroatoms. The highest BCUT2D eigenvalue weighted by molar-refractivity contribution is 5.87. The number of ether oxygens (including phenoxy) is 2. The number of carbonyl (C=O) groups excluding carboxylic acids is 1. The molecular formula is C37H54O4. The molecule has 0 saturated heterocycles. The number of fused-ring (bicyclic) bond motifs is 5. The van der Waals surface area contributed by atoms with Gasteiger partial charge in [0, 0.05) is 12.5 Å². The lowest BCUT2D eigenvalue weighted by Gasteiger charge is -2.58. The number of benzene rings is 1. The van der Waals surface area contributed by atoms with Gasteiger partial charge in [0.25, 0.3) is 0 Å². The Bertz CT molecular complexity index is 1150. The number of methoxy groups -OCH3 is 1. The molecule has 226 valence electrons. The van der Waals surface area contributed by atoms with E-state index in [1.165, 1.54) is 64.6 Å². The Hall–Kier alpha value is -2.23. The van der Waals surface area contributed by atoms with Crippen LogP contribution in [0.4, 0.5) is 0 Å². The van der Waals surface area contributed by atoms with E-state index >= 15 is 0 Å². The molecule has 0 aromatic heterocycles. The Morgan fingerprint density at radius 3 is 2.63 bits per heavy atom. The Morgan fingerprint density at radius 1 is 1.07 bits per heavy atom. The van der Waals surface area contributed by atoms with Crippen LogP contribution in [0.1, 0.15) is 111 Å². The van der Waals surface area contributed by atoms with E-state index in [0.29, 0.717) is 11.2 Å². The quantitative estimate of drug-likeness (QED) is 0.185. The van der Waals surface area contributed by atoms with Gasteiger partial charge in [-0.3, -0.25) is 0 Å². The van der Waals surface area contributed by atoms with Gasteiger partial charge in [0.15, 0.2) is 11.5 Å². The molecule has 1 N–H and O–H groups in total. The van der Waals surface area contributed by atoms with Crippen LogP contribution in [0.2, 0.25) is 0 Å². The molecule has 4 aliphatic carbocycles. The molecule has 0 spiro atoms. The smallest absolute Gasteiger partial charge is 0.331 e. The van der Waals surface area contributed by atoms with E-state index in [4.69, 9.17) is 9.47 Å². The summed E-state index contributed by atoms with van der Waals surface area (Å²) >= 11 is 0. The lowest BCUT2D eigenvalue weighted by atomic mass is 9.47. The van der Waals surface area contributed by atoms with Crippen LogP contribution in [0, 0.1) is 46.3 Å². The molecule has 8 atom stereocenters. The van der Waals surface area contributed by atoms with Crippen molar-refractivity contribution in [1.29, 1.82) is 0 Å². The summed E-state index contributed by atoms with van der Waals surface area (Å²) in [6, 6.07) is 5.04. The average Bonchev–Trinajstić information content (AvgIpc) is 3.30. The van der Waals surface area contributed by atoms with Crippen LogP contribution in [0.25, 0.3) is 6.08 Å². The highest BCUT2D eigenvalue weighted by atomic mass is 16.5. The molecule has 0 amide bonds. The van der Waals surface area contributed by atoms with Gasteiger partial charge in [-0.2, -0.15) is 0 Å². The van der Waals surface area contributed by atoms with Crippen molar-refractivity contribution < 1.29 is 19.4 Å². The highest BCUT2D eigenvalue weighted by Gasteiger charge is 2.59. The van der Waals surface area contributed by atoms with Crippen LogP contribution in [-0.2, 0) is 9.53 Å². The molecule has 8 unspecified atom stereocenters. The van der Waals surface area contributed by atoms with Gasteiger partial charge in [0.2, 0.25) is 0 Å². The first-order valence-corrected chi connectivity index (χ1v) is 16.5. The summed E-state index contributed by atoms with van der Waals surface area (Å²) in [5.74, 6) is 5.20. The molecule has 0 aliphatic heterocycles. The van der Waals surface area contributed by atoms with Gasteiger partial charge in [-0.15, -0.1) is 0 Å². The average molecular weight is 563 g/mol. The first-order chi connectivity index (χ1) is 19.5. The molecule has 1 aromatic carbocycles. The Morgan fingerprint density at radius 2 is 1.88 bits per heavy atom. The molecule has 5 rings (SSSR count). The fourth-order valence-corrected chi connectivity index (χ4v) is 9.92. The van der Waals surface area contributed by atoms with Crippen LogP contribution in [0.5, 0.6) is 11.5 Å². The third-order valence-electron chi connectivity index (χ3n) is 12.2. The Balaban J connectivity index is 1.21. The minimum absolute atomic E-state index is 0.0474. The van der Waals surface area contributed by atoms with Crippen molar-refractivity contribution in [3.63, 3.8) is 0 Å². The number of carbonyl (C=O) groups is 1. The van der Waals surface area contributed by atoms with Crippen LogP contribution < -0.4 is 4.74 Å². The summed E-state index contributed by atoms with van der Waals surface area (Å²) in [6.45, 7) is 12.5. The monoisotopic (exact) mass is 562 g/mol. The van der Waals surface area contributed by atoms with E-state index in [1.807, 2.05) is 0 Å². The van der Waals surface area contributed by atoms with Crippen molar-refractivity contribution in [2.24, 2.45) is 46.3 Å². The standard InChI is InChI=1S/C37H54O4/c1-24(2)8-7-9-25(3)30-14-15-31-29-13-12-27-23-28(18-20-36(27,4)32(29)19-21-37(30,31)5)41-35(39)17-11-26-10-16-33(38)34(22-26)40-6/h10-12,16-17,22,24-25,28-32,38H,7-9,13-15,18-21,23H2,1-6H3. The topological polar surface area (TPSA) is 55.8 Å². The zero-order chi connectivity index (χ0) is 29.4. The Labute approximate surface area is 249 Å². The number of esters is 1. The number of phenols is 1. The number of hydrogen-bond donors (Lipinski definition) is 1. The summed E-state index contributed by atoms with van der Waals surface area (Å²) in [5.41, 5.74) is 3.11. The van der Waals surface area contributed by atoms with Gasteiger partial charge in [-0.25, -0.2) is 4.79 Å². The molecule has 4 nitrogen and oxygen atoms in total. The van der Waals surface area contributed by atoms with Crippen molar-refractivity contribution in [3.8, 4) is 11.5 Å². The van der Waals surface area contributed by atoms with Crippen LogP contribution in [0.15, 0.2) is 35.9 Å². The fraction of sp³-hybridized carbons (Fsp3) is 0.703. The van der Waals surface area contributed by atoms with E-state index in [2.05, 4.69) is 40.7 Å². The SMILES string of the molecule is COc1cc(C=CC(=O)OC2CCC3(C)C(=CCC4C3CCC3(C)C(C(C)CCCC(C)C)CCC43)C2)ccc1O. The third kappa shape index (κ3) is 6.00. The van der Waals surface area contributed by atoms with E-state index in [1.54, 1.807) is 29.8 Å². The van der Waals surface area contributed by atoms with Crippen molar-refractivity contribution in [2.75, 3.05) is 7.11 Å². The number of phenolic OH excluding ortho intramolecular Hbond substituents is 1. The highest BCUT2D eigenvalue weighted by Crippen LogP contribution is 2.67. The Kier molecular flexibility index (Phi) is 8.98. The summed E-state index contributed by atoms with van der Waals surface area (Å²) in [7, 11) is 1.52. The molecule has 1 aromatic rings. The largest absolute Gasteiger partial charge is 0.504 e. The van der Waals surface area contributed by atoms with Crippen LogP contribution >= 0.6 is 0 Å². The lowest BCUT2D eigenvalue weighted by Crippen LogP contribution is -2.51. The maximum atomic E-state index is 12.7. The minimum Gasteiger partial charge on any atom is -0.504 e. The van der Waals surface area contributed by atoms with Gasteiger partial charge >= 0.3 is 5.97 Å². The van der Waals surface area contributed by atoms with Gasteiger partial charge in [0.1, 0.15) is 6.10 Å². The number of allylic oxidation sites excluding steroid dienone is 1. The predicted octanol–water partition coefficient (Wildman–Crippen LogP) is 9.37. The lowest BCUT2D eigenvalue weighted by molar-refractivity contribution is -0.145. The van der Waals surface area contributed by atoms with Crippen LogP contribution in [0.3, 0.4) is 0 Å². The summed E-state index contributed by atoms with van der Waals surface area (Å²) in [5, 5.41) is 9.80. The number of hydrogen-bond acceptors (Lipinski definition) is 4. The molecule has 3 saturated carbocycles. The third-order valence-corrected chi connectivity index (χ3v) is 12.2. The maximum absolute atomic E-state index is 12.7. The van der Waals surface area contributed by atoms with Crippen molar-refractivity contribution >= 4 is 12.0 Å². The van der Waals surface area contributed by atoms with Crippen molar-refractivity contribution in [1.82, 2.24) is 0 Å². The minimum atomic E-state index is -0.298. The molecule has 0 bridgehead atoms. The van der Waals surface area contributed by atoms with Crippen molar-refractivity contribution in [3.05, 3.63) is 41.5 Å². The summed E-state index contributed by atoms with van der Waals surface area (Å²) in [4.78, 5) is 12.7. The van der Waals surface area contributed by atoms with Gasteiger partial charge in [-0.1, -0.05) is 71.6 Å². The van der Waals surface area contributed by atoms with Gasteiger partial charge in [-0.05, 0) is 115 Å². The molecule has 3 fully saturated rings. The second-order valence-electron chi connectivity index (χ2n) is 14.9. The summed E-state index contributed by atoms with van der Waals surface area (Å²) < 4.78 is 11.1. The van der Waals surface area contributed by atoms with E-state index < -0.39 is 0 Å².